The van der Waals surface area contributed by atoms with Gasteiger partial charge in [0, 0.05) is 24.2 Å². The molecule has 3 N–H and O–H groups in total. The van der Waals surface area contributed by atoms with Crippen molar-refractivity contribution in [1.82, 2.24) is 16.1 Å². The lowest BCUT2D eigenvalue weighted by atomic mass is 9.82. The first-order valence-corrected chi connectivity index (χ1v) is 10.6. The molecule has 0 aliphatic rings. The monoisotopic (exact) mass is 457 g/mol. The van der Waals surface area contributed by atoms with Crippen molar-refractivity contribution in [3.8, 4) is 0 Å². The van der Waals surface area contributed by atoms with Crippen LogP contribution in [0.4, 0.5) is 4.79 Å². The molecule has 32 heavy (non-hydrogen) atoms. The van der Waals surface area contributed by atoms with Crippen LogP contribution in [-0.4, -0.2) is 57.8 Å². The molecule has 0 bridgehead atoms. The molecule has 0 aromatic rings. The Bertz CT molecular complexity index is 635. The minimum Gasteiger partial charge on any atom is -0.459 e. The zero-order valence-electron chi connectivity index (χ0n) is 20.0. The number of hydroxylamine groups is 1. The molecular weight excluding hydrogens is 418 g/mol. The first-order chi connectivity index (χ1) is 14.9. The van der Waals surface area contributed by atoms with Gasteiger partial charge in [0.1, 0.15) is 19.9 Å². The van der Waals surface area contributed by atoms with E-state index in [-0.39, 0.29) is 25.4 Å². The number of esters is 1. The molecule has 0 aliphatic carbocycles. The van der Waals surface area contributed by atoms with Gasteiger partial charge in [-0.2, -0.15) is 0 Å². The van der Waals surface area contributed by atoms with E-state index in [0.717, 1.165) is 19.4 Å². The van der Waals surface area contributed by atoms with Crippen LogP contribution < -0.4 is 16.1 Å². The van der Waals surface area contributed by atoms with Crippen molar-refractivity contribution >= 4 is 18.0 Å². The maximum absolute atomic E-state index is 11.7. The molecule has 0 fully saturated rings. The van der Waals surface area contributed by atoms with Gasteiger partial charge in [0.05, 0.1) is 6.73 Å². The van der Waals surface area contributed by atoms with E-state index in [4.69, 9.17) is 19.0 Å². The van der Waals surface area contributed by atoms with Crippen molar-refractivity contribution in [1.29, 1.82) is 0 Å². The predicted molar refractivity (Wildman–Crippen MR) is 120 cm³/mol. The van der Waals surface area contributed by atoms with Crippen molar-refractivity contribution in [2.45, 2.75) is 47.5 Å². The van der Waals surface area contributed by atoms with E-state index in [9.17, 15) is 14.4 Å². The molecular formula is C22H39N3O7. The van der Waals surface area contributed by atoms with E-state index in [0.29, 0.717) is 30.3 Å². The number of ether oxygens (including phenoxy) is 3. The number of carbonyl (C=O) groups is 3. The summed E-state index contributed by atoms with van der Waals surface area (Å²) in [6.07, 6.45) is 1.21. The van der Waals surface area contributed by atoms with Crippen LogP contribution in [0, 0.1) is 11.3 Å². The Morgan fingerprint density at radius 3 is 2.22 bits per heavy atom. The van der Waals surface area contributed by atoms with Gasteiger partial charge in [-0.3, -0.25) is 5.32 Å². The molecule has 1 unspecified atom stereocenters. The highest BCUT2D eigenvalue weighted by Crippen LogP contribution is 2.26. The summed E-state index contributed by atoms with van der Waals surface area (Å²) >= 11 is 0. The average Bonchev–Trinajstić information content (AvgIpc) is 2.69. The molecule has 0 aromatic carbocycles. The number of alkyl carbamates (subject to hydrolysis) is 1. The van der Waals surface area contributed by atoms with Crippen molar-refractivity contribution < 1.29 is 33.4 Å². The lowest BCUT2D eigenvalue weighted by Gasteiger charge is -2.28. The minimum atomic E-state index is -0.538. The largest absolute Gasteiger partial charge is 0.459 e. The van der Waals surface area contributed by atoms with Crippen molar-refractivity contribution in [2.75, 3.05) is 39.8 Å². The molecule has 0 heterocycles. The first-order valence-electron chi connectivity index (χ1n) is 10.6. The summed E-state index contributed by atoms with van der Waals surface area (Å²) in [5.41, 5.74) is 3.04. The number of hydrogen-bond acceptors (Lipinski definition) is 9. The van der Waals surface area contributed by atoms with Gasteiger partial charge in [0.25, 0.3) is 0 Å². The Labute approximate surface area is 191 Å². The van der Waals surface area contributed by atoms with Gasteiger partial charge < -0.3 is 24.4 Å². The topological polar surface area (TPSA) is 124 Å². The summed E-state index contributed by atoms with van der Waals surface area (Å²) in [6, 6.07) is 0. The fourth-order valence-corrected chi connectivity index (χ4v) is 2.72. The van der Waals surface area contributed by atoms with E-state index >= 15 is 0 Å². The Hall–Kier alpha value is -2.43. The summed E-state index contributed by atoms with van der Waals surface area (Å²) in [4.78, 5) is 38.7. The molecule has 0 saturated heterocycles. The number of hydrogen-bond donors (Lipinski definition) is 3. The van der Waals surface area contributed by atoms with Gasteiger partial charge in [-0.05, 0) is 38.0 Å². The van der Waals surface area contributed by atoms with Gasteiger partial charge in [-0.25, -0.2) is 14.4 Å². The molecule has 10 heteroatoms. The van der Waals surface area contributed by atoms with Gasteiger partial charge in [0.2, 0.25) is 0 Å². The summed E-state index contributed by atoms with van der Waals surface area (Å²) in [5, 5.41) is 5.90. The molecule has 0 saturated carbocycles. The van der Waals surface area contributed by atoms with E-state index < -0.39 is 18.0 Å². The van der Waals surface area contributed by atoms with Gasteiger partial charge >= 0.3 is 18.0 Å². The highest BCUT2D eigenvalue weighted by Gasteiger charge is 2.21. The Morgan fingerprint density at radius 2 is 1.59 bits per heavy atom. The lowest BCUT2D eigenvalue weighted by Crippen LogP contribution is -2.34. The number of rotatable bonds is 17. The maximum atomic E-state index is 11.7. The van der Waals surface area contributed by atoms with E-state index in [1.165, 1.54) is 0 Å². The van der Waals surface area contributed by atoms with Crippen molar-refractivity contribution in [3.05, 3.63) is 24.3 Å². The second-order valence-electron chi connectivity index (χ2n) is 8.47. The third kappa shape index (κ3) is 16.3. The lowest BCUT2D eigenvalue weighted by molar-refractivity contribution is -0.150. The zero-order chi connectivity index (χ0) is 24.6. The molecule has 0 rings (SSSR count). The standard InChI is InChI=1S/C22H39N3O7/c1-16(2)19(26)30-10-11-31-21(28)24-9-8-18(5)12-22(6,7)13-23-14-29-15-25-32-20(27)17(3)4/h18,23,25H,1,3,8-15H2,2,4-7H3,(H,24,28). The fraction of sp³-hybridized carbons (Fsp3) is 0.682. The Morgan fingerprint density at radius 1 is 0.969 bits per heavy atom. The fourth-order valence-electron chi connectivity index (χ4n) is 2.72. The molecule has 184 valence electrons. The Kier molecular flexibility index (Phi) is 15.0. The summed E-state index contributed by atoms with van der Waals surface area (Å²) in [5.74, 6) is -0.649. The maximum Gasteiger partial charge on any atom is 0.407 e. The Balaban J connectivity index is 3.81. The van der Waals surface area contributed by atoms with Crippen LogP contribution in [0.1, 0.15) is 47.5 Å². The smallest absolute Gasteiger partial charge is 0.407 e. The predicted octanol–water partition coefficient (Wildman–Crippen LogP) is 2.42. The second-order valence-corrected chi connectivity index (χ2v) is 8.47. The summed E-state index contributed by atoms with van der Waals surface area (Å²) in [7, 11) is 0. The van der Waals surface area contributed by atoms with E-state index in [1.807, 2.05) is 0 Å². The van der Waals surface area contributed by atoms with E-state index in [2.05, 4.69) is 50.0 Å². The van der Waals surface area contributed by atoms with Gasteiger partial charge in [-0.15, -0.1) is 5.48 Å². The highest BCUT2D eigenvalue weighted by atomic mass is 16.7. The molecule has 1 amide bonds. The molecule has 0 aromatic heterocycles. The van der Waals surface area contributed by atoms with Crippen LogP contribution >= 0.6 is 0 Å². The van der Waals surface area contributed by atoms with Crippen LogP contribution in [0.25, 0.3) is 0 Å². The van der Waals surface area contributed by atoms with Gasteiger partial charge in [-0.1, -0.05) is 33.9 Å². The van der Waals surface area contributed by atoms with E-state index in [1.54, 1.807) is 13.8 Å². The second kappa shape index (κ2) is 16.2. The van der Waals surface area contributed by atoms with Crippen molar-refractivity contribution in [3.63, 3.8) is 0 Å². The third-order valence-corrected chi connectivity index (χ3v) is 4.19. The average molecular weight is 458 g/mol. The molecule has 10 nitrogen and oxygen atoms in total. The van der Waals surface area contributed by atoms with Crippen LogP contribution in [0.5, 0.6) is 0 Å². The minimum absolute atomic E-state index is 0.00384. The number of carbonyl (C=O) groups excluding carboxylic acids is 3. The summed E-state index contributed by atoms with van der Waals surface area (Å²) < 4.78 is 15.1. The van der Waals surface area contributed by atoms with Crippen LogP contribution in [-0.2, 0) is 28.6 Å². The zero-order valence-corrected chi connectivity index (χ0v) is 20.0. The number of nitrogens with one attached hydrogen (secondary N) is 3. The third-order valence-electron chi connectivity index (χ3n) is 4.19. The van der Waals surface area contributed by atoms with Crippen LogP contribution in [0.3, 0.4) is 0 Å². The van der Waals surface area contributed by atoms with Crippen LogP contribution in [0.2, 0.25) is 0 Å². The summed E-state index contributed by atoms with van der Waals surface area (Å²) in [6.45, 7) is 18.1. The molecule has 0 radical (unpaired) electrons. The SMILES string of the molecule is C=C(C)C(=O)OCCOC(=O)NCCC(C)CC(C)(C)CNCOCNOC(=O)C(=C)C. The molecule has 0 aliphatic heterocycles. The number of amides is 1. The highest BCUT2D eigenvalue weighted by molar-refractivity contribution is 5.87. The first kappa shape index (κ1) is 29.6. The molecule has 0 spiro atoms. The van der Waals surface area contributed by atoms with Crippen LogP contribution in [0.15, 0.2) is 24.3 Å². The quantitative estimate of drug-likeness (QED) is 0.0754. The normalized spacial score (nSPS) is 11.9. The molecule has 1 atom stereocenters. The van der Waals surface area contributed by atoms with Crippen molar-refractivity contribution in [2.24, 2.45) is 11.3 Å². The van der Waals surface area contributed by atoms with Gasteiger partial charge in [0.15, 0.2) is 0 Å².